The third kappa shape index (κ3) is 3.63. The second-order valence-corrected chi connectivity index (χ2v) is 6.82. The summed E-state index contributed by atoms with van der Waals surface area (Å²) in [5, 5.41) is 0. The van der Waals surface area contributed by atoms with Crippen LogP contribution in [0.3, 0.4) is 0 Å². The van der Waals surface area contributed by atoms with E-state index in [1.807, 2.05) is 12.1 Å². The van der Waals surface area contributed by atoms with Crippen LogP contribution in [0.15, 0.2) is 59.1 Å². The van der Waals surface area contributed by atoms with E-state index < -0.39 is 0 Å². The van der Waals surface area contributed by atoms with Crippen molar-refractivity contribution in [2.45, 2.75) is 25.3 Å². The van der Waals surface area contributed by atoms with Crippen LogP contribution < -0.4 is 4.74 Å². The predicted octanol–water partition coefficient (Wildman–Crippen LogP) is 4.39. The van der Waals surface area contributed by atoms with Gasteiger partial charge in [0.2, 0.25) is 5.89 Å². The molecule has 0 aliphatic carbocycles. The Hall–Kier alpha value is -3.15. The Bertz CT molecular complexity index is 968. The normalized spacial score (nSPS) is 16.4. The lowest BCUT2D eigenvalue weighted by Crippen LogP contribution is -2.31. The first-order valence-corrected chi connectivity index (χ1v) is 9.28. The van der Waals surface area contributed by atoms with Crippen LogP contribution in [0.4, 0.5) is 4.39 Å². The number of benzene rings is 2. The minimum atomic E-state index is -0.265. The molecule has 6 heteroatoms. The Morgan fingerprint density at radius 1 is 1.25 bits per heavy atom. The van der Waals surface area contributed by atoms with Gasteiger partial charge in [-0.2, -0.15) is 0 Å². The van der Waals surface area contributed by atoms with Gasteiger partial charge in [0.15, 0.2) is 0 Å². The summed E-state index contributed by atoms with van der Waals surface area (Å²) in [7, 11) is 1.56. The van der Waals surface area contributed by atoms with E-state index in [2.05, 4.69) is 4.98 Å². The number of carbonyl (C=O) groups excluding carboxylic acids is 1. The van der Waals surface area contributed by atoms with Crippen molar-refractivity contribution in [2.75, 3.05) is 13.7 Å². The van der Waals surface area contributed by atoms with Crippen molar-refractivity contribution in [1.29, 1.82) is 0 Å². The van der Waals surface area contributed by atoms with E-state index in [9.17, 15) is 9.18 Å². The van der Waals surface area contributed by atoms with Crippen LogP contribution in [0.1, 0.15) is 46.5 Å². The number of para-hydroxylation sites is 1. The van der Waals surface area contributed by atoms with Gasteiger partial charge in [0.25, 0.3) is 5.91 Å². The summed E-state index contributed by atoms with van der Waals surface area (Å²) in [6.45, 7) is 0.650. The zero-order valence-corrected chi connectivity index (χ0v) is 15.6. The highest BCUT2D eigenvalue weighted by Gasteiger charge is 2.34. The maximum absolute atomic E-state index is 13.1. The quantitative estimate of drug-likeness (QED) is 0.659. The van der Waals surface area contributed by atoms with Gasteiger partial charge in [-0.05, 0) is 42.7 Å². The van der Waals surface area contributed by atoms with Crippen molar-refractivity contribution in [2.24, 2.45) is 0 Å². The molecular formula is C22H21FN2O3. The zero-order chi connectivity index (χ0) is 19.5. The van der Waals surface area contributed by atoms with Gasteiger partial charge in [-0.15, -0.1) is 0 Å². The molecule has 1 saturated heterocycles. The molecule has 0 bridgehead atoms. The smallest absolute Gasteiger partial charge is 0.258 e. The molecule has 2 aromatic carbocycles. The Kier molecular flexibility index (Phi) is 5.10. The van der Waals surface area contributed by atoms with E-state index in [4.69, 9.17) is 9.15 Å². The molecule has 28 heavy (non-hydrogen) atoms. The average Bonchev–Trinajstić information content (AvgIpc) is 3.38. The Labute approximate surface area is 162 Å². The number of oxazole rings is 1. The lowest BCUT2D eigenvalue weighted by Gasteiger charge is -2.23. The molecule has 0 N–H and O–H groups in total. The molecule has 0 unspecified atom stereocenters. The fourth-order valence-electron chi connectivity index (χ4n) is 3.60. The Morgan fingerprint density at radius 3 is 2.82 bits per heavy atom. The molecule has 1 aliphatic rings. The third-order valence-electron chi connectivity index (χ3n) is 5.00. The third-order valence-corrected chi connectivity index (χ3v) is 5.00. The molecule has 0 saturated carbocycles. The van der Waals surface area contributed by atoms with Crippen molar-refractivity contribution in [1.82, 2.24) is 9.88 Å². The lowest BCUT2D eigenvalue weighted by molar-refractivity contribution is 0.0711. The van der Waals surface area contributed by atoms with Crippen molar-refractivity contribution in [3.63, 3.8) is 0 Å². The molecule has 1 amide bonds. The summed E-state index contributed by atoms with van der Waals surface area (Å²) in [4.78, 5) is 19.3. The van der Waals surface area contributed by atoms with E-state index in [1.54, 1.807) is 42.5 Å². The second-order valence-electron chi connectivity index (χ2n) is 6.82. The molecule has 3 aromatic rings. The highest BCUT2D eigenvalue weighted by molar-refractivity contribution is 5.97. The van der Waals surface area contributed by atoms with E-state index in [-0.39, 0.29) is 17.8 Å². The number of rotatable bonds is 5. The van der Waals surface area contributed by atoms with Crippen molar-refractivity contribution in [3.05, 3.63) is 83.3 Å². The van der Waals surface area contributed by atoms with E-state index in [0.29, 0.717) is 35.9 Å². The average molecular weight is 380 g/mol. The van der Waals surface area contributed by atoms with Gasteiger partial charge >= 0.3 is 0 Å². The highest BCUT2D eigenvalue weighted by Crippen LogP contribution is 2.34. The number of amides is 1. The minimum Gasteiger partial charge on any atom is -0.496 e. The van der Waals surface area contributed by atoms with Gasteiger partial charge in [-0.3, -0.25) is 4.79 Å². The number of halogens is 1. The van der Waals surface area contributed by atoms with E-state index in [0.717, 1.165) is 18.4 Å². The summed E-state index contributed by atoms with van der Waals surface area (Å²) in [5.41, 5.74) is 1.48. The molecule has 0 spiro atoms. The first kappa shape index (κ1) is 18.2. The summed E-state index contributed by atoms with van der Waals surface area (Å²) < 4.78 is 24.3. The number of aromatic nitrogens is 1. The Morgan fingerprint density at radius 2 is 2.04 bits per heavy atom. The molecule has 1 aromatic heterocycles. The van der Waals surface area contributed by atoms with Crippen LogP contribution in [0.5, 0.6) is 5.75 Å². The molecule has 2 heterocycles. The van der Waals surface area contributed by atoms with Gasteiger partial charge in [0, 0.05) is 13.0 Å². The van der Waals surface area contributed by atoms with Crippen LogP contribution in [0.25, 0.3) is 0 Å². The molecule has 1 aliphatic heterocycles. The summed E-state index contributed by atoms with van der Waals surface area (Å²) >= 11 is 0. The van der Waals surface area contributed by atoms with Gasteiger partial charge in [0.1, 0.15) is 23.4 Å². The lowest BCUT2D eigenvalue weighted by atomic mass is 10.1. The number of carbonyl (C=O) groups is 1. The van der Waals surface area contributed by atoms with Crippen LogP contribution in [-0.2, 0) is 6.42 Å². The maximum Gasteiger partial charge on any atom is 0.258 e. The predicted molar refractivity (Wildman–Crippen MR) is 102 cm³/mol. The van der Waals surface area contributed by atoms with Crippen LogP contribution in [0, 0.1) is 5.82 Å². The monoisotopic (exact) mass is 380 g/mol. The van der Waals surface area contributed by atoms with Gasteiger partial charge in [-0.1, -0.05) is 24.3 Å². The number of likely N-dealkylation sites (tertiary alicyclic amines) is 1. The van der Waals surface area contributed by atoms with Gasteiger partial charge < -0.3 is 14.1 Å². The fourth-order valence-corrected chi connectivity index (χ4v) is 3.60. The first-order chi connectivity index (χ1) is 13.7. The molecular weight excluding hydrogens is 359 g/mol. The molecule has 0 radical (unpaired) electrons. The number of hydrogen-bond acceptors (Lipinski definition) is 4. The van der Waals surface area contributed by atoms with Crippen LogP contribution in [-0.4, -0.2) is 29.4 Å². The number of hydrogen-bond donors (Lipinski definition) is 0. The molecule has 144 valence electrons. The number of methoxy groups -OCH3 is 1. The van der Waals surface area contributed by atoms with Crippen LogP contribution >= 0.6 is 0 Å². The summed E-state index contributed by atoms with van der Waals surface area (Å²) in [6, 6.07) is 13.3. The molecule has 4 rings (SSSR count). The summed E-state index contributed by atoms with van der Waals surface area (Å²) in [5.74, 6) is 1.44. The van der Waals surface area contributed by atoms with Gasteiger partial charge in [0.05, 0.1) is 18.9 Å². The van der Waals surface area contributed by atoms with Crippen molar-refractivity contribution < 1.29 is 18.3 Å². The molecule has 5 nitrogen and oxygen atoms in total. The largest absolute Gasteiger partial charge is 0.496 e. The maximum atomic E-state index is 13.1. The second kappa shape index (κ2) is 7.84. The summed E-state index contributed by atoms with van der Waals surface area (Å²) in [6.07, 6.45) is 3.90. The Balaban J connectivity index is 1.53. The zero-order valence-electron chi connectivity index (χ0n) is 15.6. The van der Waals surface area contributed by atoms with Crippen LogP contribution in [0.2, 0.25) is 0 Å². The number of nitrogens with zero attached hydrogens (tertiary/aromatic N) is 2. The highest BCUT2D eigenvalue weighted by atomic mass is 19.1. The van der Waals surface area contributed by atoms with E-state index in [1.165, 1.54) is 12.1 Å². The van der Waals surface area contributed by atoms with E-state index >= 15 is 0 Å². The standard InChI is InChI=1S/C22H21FN2O3/c1-27-20-7-3-2-5-18(20)22(26)25-12-4-6-19(25)21-24-14-17(28-21)13-15-8-10-16(23)11-9-15/h2-3,5,7-11,14,19H,4,6,12-13H2,1H3/t19-/m1/s1. The van der Waals surface area contributed by atoms with Crippen molar-refractivity contribution >= 4 is 5.91 Å². The number of ether oxygens (including phenoxy) is 1. The topological polar surface area (TPSA) is 55.6 Å². The SMILES string of the molecule is COc1ccccc1C(=O)N1CCC[C@@H]1c1ncc(Cc2ccc(F)cc2)o1. The van der Waals surface area contributed by atoms with Gasteiger partial charge in [-0.25, -0.2) is 9.37 Å². The minimum absolute atomic E-state index is 0.0850. The molecule has 1 atom stereocenters. The molecule has 1 fully saturated rings. The van der Waals surface area contributed by atoms with Crippen molar-refractivity contribution in [3.8, 4) is 5.75 Å². The fraction of sp³-hybridized carbons (Fsp3) is 0.273. The first-order valence-electron chi connectivity index (χ1n) is 9.28.